The van der Waals surface area contributed by atoms with Crippen LogP contribution in [0.3, 0.4) is 0 Å². The predicted octanol–water partition coefficient (Wildman–Crippen LogP) is 5.68. The Hall–Kier alpha value is -3.20. The topological polar surface area (TPSA) is 82.6 Å². The van der Waals surface area contributed by atoms with E-state index >= 15 is 0 Å². The number of fused-ring (bicyclic) bond motifs is 3. The fourth-order valence-electron chi connectivity index (χ4n) is 4.63. The number of nitrogens with zero attached hydrogens (tertiary/aromatic N) is 2. The molecule has 0 radical (unpaired) electrons. The number of rotatable bonds is 6. The van der Waals surface area contributed by atoms with Gasteiger partial charge in [-0.25, -0.2) is 14.8 Å². The van der Waals surface area contributed by atoms with Gasteiger partial charge >= 0.3 is 13.2 Å². The van der Waals surface area contributed by atoms with Crippen LogP contribution in [0.1, 0.15) is 50.3 Å². The SMILES string of the molecule is CC1(C)OB(C(=Cc2cnc(Cl)nc2)CNC(=O)OCC2c3ccccc3-c3ccccc32)OC1(C)C. The summed E-state index contributed by atoms with van der Waals surface area (Å²) in [6, 6.07) is 16.5. The first-order valence-electron chi connectivity index (χ1n) is 12.3. The van der Waals surface area contributed by atoms with Crippen molar-refractivity contribution in [3.63, 3.8) is 0 Å². The Morgan fingerprint density at radius 1 is 1.00 bits per heavy atom. The number of carbonyl (C=O) groups is 1. The number of benzene rings is 2. The van der Waals surface area contributed by atoms with Crippen molar-refractivity contribution in [3.05, 3.63) is 88.4 Å². The molecule has 0 atom stereocenters. The van der Waals surface area contributed by atoms with Crippen molar-refractivity contribution in [3.8, 4) is 11.1 Å². The summed E-state index contributed by atoms with van der Waals surface area (Å²) < 4.78 is 18.1. The van der Waals surface area contributed by atoms with Crippen LogP contribution in [0, 0.1) is 0 Å². The smallest absolute Gasteiger partial charge is 0.449 e. The zero-order chi connectivity index (χ0) is 26.2. The first kappa shape index (κ1) is 25.5. The van der Waals surface area contributed by atoms with Crippen molar-refractivity contribution < 1.29 is 18.8 Å². The normalized spacial score (nSPS) is 17.9. The number of alkyl carbamates (subject to hydrolysis) is 1. The van der Waals surface area contributed by atoms with E-state index in [1.54, 1.807) is 12.4 Å². The van der Waals surface area contributed by atoms with Crippen LogP contribution in [0.2, 0.25) is 5.28 Å². The number of hydrogen-bond donors (Lipinski definition) is 1. The number of ether oxygens (including phenoxy) is 1. The Kier molecular flexibility index (Phi) is 6.83. The van der Waals surface area contributed by atoms with E-state index in [4.69, 9.17) is 25.6 Å². The molecule has 1 aromatic heterocycles. The molecular weight excluding hydrogens is 489 g/mol. The summed E-state index contributed by atoms with van der Waals surface area (Å²) in [6.07, 6.45) is 4.53. The van der Waals surface area contributed by atoms with Gasteiger partial charge in [-0.15, -0.1) is 0 Å². The first-order valence-corrected chi connectivity index (χ1v) is 12.6. The van der Waals surface area contributed by atoms with Gasteiger partial charge in [0.05, 0.1) is 11.2 Å². The molecule has 0 unspecified atom stereocenters. The van der Waals surface area contributed by atoms with Gasteiger partial charge in [-0.1, -0.05) is 54.6 Å². The van der Waals surface area contributed by atoms with Crippen molar-refractivity contribution >= 4 is 30.9 Å². The minimum Gasteiger partial charge on any atom is -0.449 e. The Morgan fingerprint density at radius 2 is 1.54 bits per heavy atom. The van der Waals surface area contributed by atoms with Crippen molar-refractivity contribution in [2.75, 3.05) is 13.2 Å². The molecule has 2 aliphatic rings. The molecule has 1 N–H and O–H groups in total. The maximum atomic E-state index is 12.8. The molecule has 1 aliphatic heterocycles. The Balaban J connectivity index is 1.29. The van der Waals surface area contributed by atoms with Crippen molar-refractivity contribution in [1.29, 1.82) is 0 Å². The predicted molar refractivity (Wildman–Crippen MR) is 144 cm³/mol. The lowest BCUT2D eigenvalue weighted by atomic mass is 9.77. The van der Waals surface area contributed by atoms with E-state index in [1.165, 1.54) is 11.1 Å². The molecule has 0 bridgehead atoms. The minimum atomic E-state index is -0.658. The third kappa shape index (κ3) is 5.14. The van der Waals surface area contributed by atoms with Gasteiger partial charge in [0, 0.05) is 30.4 Å². The molecule has 5 rings (SSSR count). The van der Waals surface area contributed by atoms with Gasteiger partial charge in [-0.05, 0) is 67.0 Å². The van der Waals surface area contributed by atoms with Crippen LogP contribution in [0.15, 0.2) is 66.4 Å². The lowest BCUT2D eigenvalue weighted by Crippen LogP contribution is -2.41. The van der Waals surface area contributed by atoms with E-state index in [0.717, 1.165) is 11.1 Å². The van der Waals surface area contributed by atoms with Crippen LogP contribution < -0.4 is 5.32 Å². The fraction of sp³-hybridized carbons (Fsp3) is 0.321. The van der Waals surface area contributed by atoms with Crippen molar-refractivity contribution in [2.24, 2.45) is 0 Å². The highest BCUT2D eigenvalue weighted by atomic mass is 35.5. The third-order valence-electron chi connectivity index (χ3n) is 7.33. The van der Waals surface area contributed by atoms with Gasteiger partial charge in [-0.3, -0.25) is 0 Å². The van der Waals surface area contributed by atoms with E-state index in [2.05, 4.69) is 39.6 Å². The maximum absolute atomic E-state index is 12.8. The second-order valence-corrected chi connectivity index (χ2v) is 10.6. The molecule has 2 heterocycles. The van der Waals surface area contributed by atoms with Gasteiger partial charge in [-0.2, -0.15) is 0 Å². The van der Waals surface area contributed by atoms with Crippen LogP contribution in [-0.2, 0) is 14.0 Å². The molecule has 1 saturated heterocycles. The molecule has 1 amide bonds. The maximum Gasteiger partial charge on any atom is 0.492 e. The van der Waals surface area contributed by atoms with Crippen molar-refractivity contribution in [1.82, 2.24) is 15.3 Å². The highest BCUT2D eigenvalue weighted by Crippen LogP contribution is 2.44. The quantitative estimate of drug-likeness (QED) is 0.334. The largest absolute Gasteiger partial charge is 0.492 e. The molecular formula is C28H29BClN3O4. The number of aromatic nitrogens is 2. The average Bonchev–Trinajstić information content (AvgIpc) is 3.30. The number of carbonyl (C=O) groups excluding carboxylic acids is 1. The number of nitrogens with one attached hydrogen (secondary N) is 1. The molecule has 2 aromatic carbocycles. The van der Waals surface area contributed by atoms with Gasteiger partial charge < -0.3 is 19.4 Å². The number of amides is 1. The molecule has 0 spiro atoms. The monoisotopic (exact) mass is 517 g/mol. The van der Waals surface area contributed by atoms with E-state index < -0.39 is 24.4 Å². The van der Waals surface area contributed by atoms with Crippen molar-refractivity contribution in [2.45, 2.75) is 44.8 Å². The summed E-state index contributed by atoms with van der Waals surface area (Å²) >= 11 is 5.84. The highest BCUT2D eigenvalue weighted by molar-refractivity contribution is 6.56. The Morgan fingerprint density at radius 3 is 2.11 bits per heavy atom. The second kappa shape index (κ2) is 9.93. The summed E-state index contributed by atoms with van der Waals surface area (Å²) in [7, 11) is -0.658. The molecule has 7 nitrogen and oxygen atoms in total. The zero-order valence-corrected chi connectivity index (χ0v) is 22.1. The molecule has 9 heteroatoms. The standard InChI is InChI=1S/C28H29BClN3O4/c1-27(2)28(3,4)37-29(36-27)19(13-18-14-31-25(30)32-15-18)16-33-26(34)35-17-24-22-11-7-5-9-20(22)21-10-6-8-12-23(21)24/h5-15,24H,16-17H2,1-4H3,(H,33,34). The van der Waals surface area contributed by atoms with Gasteiger partial charge in [0.1, 0.15) is 6.61 Å². The second-order valence-electron chi connectivity index (χ2n) is 10.3. The Bertz CT molecular complexity index is 1280. The summed E-state index contributed by atoms with van der Waals surface area (Å²) in [5.41, 5.74) is 5.05. The van der Waals surface area contributed by atoms with Gasteiger partial charge in [0.15, 0.2) is 0 Å². The number of halogens is 1. The minimum absolute atomic E-state index is 0.0116. The average molecular weight is 518 g/mol. The van der Waals surface area contributed by atoms with Crippen LogP contribution in [0.4, 0.5) is 4.79 Å². The molecule has 1 fully saturated rings. The summed E-state index contributed by atoms with van der Waals surface area (Å²) in [4.78, 5) is 20.9. The van der Waals surface area contributed by atoms with Gasteiger partial charge in [0.25, 0.3) is 0 Å². The van der Waals surface area contributed by atoms with E-state index in [1.807, 2.05) is 58.0 Å². The summed E-state index contributed by atoms with van der Waals surface area (Å²) in [5, 5.41) is 3.02. The first-order chi connectivity index (χ1) is 17.6. The van der Waals surface area contributed by atoms with E-state index in [-0.39, 0.29) is 24.4 Å². The fourth-order valence-corrected chi connectivity index (χ4v) is 4.73. The lowest BCUT2D eigenvalue weighted by Gasteiger charge is -2.32. The molecule has 37 heavy (non-hydrogen) atoms. The highest BCUT2D eigenvalue weighted by Gasteiger charge is 2.52. The molecule has 3 aromatic rings. The van der Waals surface area contributed by atoms with E-state index in [0.29, 0.717) is 11.0 Å². The van der Waals surface area contributed by atoms with Crippen LogP contribution >= 0.6 is 11.6 Å². The van der Waals surface area contributed by atoms with Crippen LogP contribution in [0.25, 0.3) is 17.2 Å². The molecule has 1 aliphatic carbocycles. The number of hydrogen-bond acceptors (Lipinski definition) is 6. The van der Waals surface area contributed by atoms with Crippen LogP contribution in [0.5, 0.6) is 0 Å². The summed E-state index contributed by atoms with van der Waals surface area (Å²) in [5.74, 6) is -0.0116. The Labute approximate surface area is 222 Å². The summed E-state index contributed by atoms with van der Waals surface area (Å²) in [6.45, 7) is 8.32. The third-order valence-corrected chi connectivity index (χ3v) is 7.52. The van der Waals surface area contributed by atoms with Crippen LogP contribution in [-0.4, -0.2) is 47.5 Å². The van der Waals surface area contributed by atoms with Gasteiger partial charge in [0.2, 0.25) is 5.28 Å². The van der Waals surface area contributed by atoms with E-state index in [9.17, 15) is 4.79 Å². The molecule has 190 valence electrons. The lowest BCUT2D eigenvalue weighted by molar-refractivity contribution is 0.00578. The zero-order valence-electron chi connectivity index (χ0n) is 21.3. The molecule has 0 saturated carbocycles.